The molecule has 0 aliphatic carbocycles. The summed E-state index contributed by atoms with van der Waals surface area (Å²) in [6.07, 6.45) is 3.53. The van der Waals surface area contributed by atoms with Gasteiger partial charge in [-0.1, -0.05) is 44.2 Å². The summed E-state index contributed by atoms with van der Waals surface area (Å²) in [4.78, 5) is 17.7. The molecule has 0 radical (unpaired) electrons. The van der Waals surface area contributed by atoms with Crippen LogP contribution in [0, 0.1) is 13.8 Å². The highest BCUT2D eigenvalue weighted by atomic mass is 16.5. The summed E-state index contributed by atoms with van der Waals surface area (Å²) in [7, 11) is 3.28. The van der Waals surface area contributed by atoms with Crippen molar-refractivity contribution in [2.75, 3.05) is 14.2 Å². The number of Topliss-reactive ketones (excluding diaryl/α,β-unsaturated/α-hetero) is 1. The van der Waals surface area contributed by atoms with E-state index in [9.17, 15) is 4.79 Å². The van der Waals surface area contributed by atoms with Gasteiger partial charge in [0, 0.05) is 24.2 Å². The fourth-order valence-electron chi connectivity index (χ4n) is 1.86. The molecule has 3 aromatic rings. The molecule has 156 valence electrons. The van der Waals surface area contributed by atoms with Crippen LogP contribution in [0.3, 0.4) is 0 Å². The molecule has 1 aromatic carbocycles. The van der Waals surface area contributed by atoms with Gasteiger partial charge in [0.05, 0.1) is 20.4 Å². The molecule has 29 heavy (non-hydrogen) atoms. The van der Waals surface area contributed by atoms with E-state index in [4.69, 9.17) is 9.47 Å². The normalized spacial score (nSPS) is 8.66. The maximum Gasteiger partial charge on any atom is 0.209 e. The molecule has 5 heteroatoms. The van der Waals surface area contributed by atoms with E-state index in [1.54, 1.807) is 27.3 Å². The molecule has 1 N–H and O–H groups in total. The molecule has 0 bridgehead atoms. The summed E-state index contributed by atoms with van der Waals surface area (Å²) < 4.78 is 9.84. The first-order valence-corrected chi connectivity index (χ1v) is 9.51. The number of ether oxygens (including phenoxy) is 2. The van der Waals surface area contributed by atoms with Gasteiger partial charge in [0.15, 0.2) is 17.2 Å². The van der Waals surface area contributed by atoms with Crippen molar-refractivity contribution in [2.24, 2.45) is 0 Å². The number of hydrogen-bond donors (Lipinski definition) is 0. The minimum absolute atomic E-state index is 0.121. The number of aromatic nitrogens is 2. The van der Waals surface area contributed by atoms with Crippen molar-refractivity contribution in [3.8, 4) is 11.5 Å². The molecule has 0 saturated carbocycles. The third kappa shape index (κ3) is 12.0. The van der Waals surface area contributed by atoms with Crippen LogP contribution >= 0.6 is 0 Å². The number of carbonyl (C=O) groups excluding carboxylic acids is 1. The van der Waals surface area contributed by atoms with Gasteiger partial charge in [-0.05, 0) is 32.0 Å². The van der Waals surface area contributed by atoms with Crippen LogP contribution in [0.15, 0.2) is 67.0 Å². The molecule has 0 aliphatic rings. The standard InChI is InChI=1S/C8H8O.2C7H9NO.C2H6/c1-7(9)8-5-3-2-4-6-8;2*1-6-3-4-7(9-2)5-8-6;1-2/h2-6H,1H3;2*3-5H,1-2H3;1-2H3/p+1. The Labute approximate surface area is 174 Å². The van der Waals surface area contributed by atoms with Crippen LogP contribution in [0.25, 0.3) is 0 Å². The van der Waals surface area contributed by atoms with E-state index in [0.29, 0.717) is 0 Å². The predicted octanol–water partition coefficient (Wildman–Crippen LogP) is 5.13. The number of nitrogens with one attached hydrogen (secondary N) is 1. The lowest BCUT2D eigenvalue weighted by atomic mass is 10.2. The zero-order valence-electron chi connectivity index (χ0n) is 18.5. The third-order valence-electron chi connectivity index (χ3n) is 3.48. The highest BCUT2D eigenvalue weighted by molar-refractivity contribution is 5.93. The fraction of sp³-hybridized carbons (Fsp3) is 0.292. The highest BCUT2D eigenvalue weighted by Gasteiger charge is 1.94. The van der Waals surface area contributed by atoms with Crippen LogP contribution in [0.4, 0.5) is 0 Å². The smallest absolute Gasteiger partial charge is 0.209 e. The topological polar surface area (TPSA) is 62.6 Å². The van der Waals surface area contributed by atoms with Crippen molar-refractivity contribution in [2.45, 2.75) is 34.6 Å². The maximum absolute atomic E-state index is 10.6. The SMILES string of the molecule is CC.CC(=O)c1ccccc1.COc1ccc(C)[nH+]c1.COc1ccc(C)nc1. The average Bonchev–Trinajstić information content (AvgIpc) is 2.78. The second kappa shape index (κ2) is 15.8. The number of H-pyrrole nitrogens is 1. The molecule has 0 unspecified atom stereocenters. The molecule has 2 heterocycles. The first-order chi connectivity index (χ1) is 14.0. The first kappa shape index (κ1) is 25.8. The first-order valence-electron chi connectivity index (χ1n) is 9.51. The molecule has 0 fully saturated rings. The van der Waals surface area contributed by atoms with Gasteiger partial charge in [-0.3, -0.25) is 9.78 Å². The lowest BCUT2D eigenvalue weighted by Crippen LogP contribution is -2.05. The van der Waals surface area contributed by atoms with Crippen molar-refractivity contribution in [1.29, 1.82) is 0 Å². The number of hydrogen-bond acceptors (Lipinski definition) is 4. The van der Waals surface area contributed by atoms with Gasteiger partial charge in [-0.25, -0.2) is 4.98 Å². The van der Waals surface area contributed by atoms with Crippen molar-refractivity contribution in [3.05, 3.63) is 83.9 Å². The molecule has 3 rings (SSSR count). The Hall–Kier alpha value is -3.21. The highest BCUT2D eigenvalue weighted by Crippen LogP contribution is 2.06. The van der Waals surface area contributed by atoms with Crippen LogP contribution in [0.5, 0.6) is 11.5 Å². The summed E-state index contributed by atoms with van der Waals surface area (Å²) in [6, 6.07) is 16.9. The zero-order chi connectivity index (χ0) is 22.1. The lowest BCUT2D eigenvalue weighted by molar-refractivity contribution is -0.388. The van der Waals surface area contributed by atoms with Gasteiger partial charge < -0.3 is 9.47 Å². The maximum atomic E-state index is 10.6. The molecular weight excluding hydrogens is 364 g/mol. The number of aryl methyl sites for hydroxylation is 2. The van der Waals surface area contributed by atoms with Gasteiger partial charge in [0.2, 0.25) is 6.20 Å². The summed E-state index contributed by atoms with van der Waals surface area (Å²) in [6.45, 7) is 9.51. The van der Waals surface area contributed by atoms with Gasteiger partial charge in [-0.15, -0.1) is 0 Å². The Morgan fingerprint density at radius 1 is 0.862 bits per heavy atom. The summed E-state index contributed by atoms with van der Waals surface area (Å²) in [5, 5.41) is 0. The summed E-state index contributed by atoms with van der Waals surface area (Å²) in [5.41, 5.74) is 2.92. The van der Waals surface area contributed by atoms with E-state index in [1.807, 2.05) is 88.5 Å². The predicted molar refractivity (Wildman–Crippen MR) is 118 cm³/mol. The lowest BCUT2D eigenvalue weighted by Gasteiger charge is -1.96. The summed E-state index contributed by atoms with van der Waals surface area (Å²) >= 11 is 0. The van der Waals surface area contributed by atoms with Gasteiger partial charge in [0.1, 0.15) is 5.75 Å². The average molecular weight is 398 g/mol. The van der Waals surface area contributed by atoms with Crippen LogP contribution in [0.1, 0.15) is 42.5 Å². The number of pyridine rings is 2. The van der Waals surface area contributed by atoms with Crippen molar-refractivity contribution < 1.29 is 19.3 Å². The second-order valence-corrected chi connectivity index (χ2v) is 5.67. The van der Waals surface area contributed by atoms with Gasteiger partial charge in [0.25, 0.3) is 0 Å². The fourth-order valence-corrected chi connectivity index (χ4v) is 1.86. The Morgan fingerprint density at radius 3 is 1.83 bits per heavy atom. The number of nitrogens with zero attached hydrogens (tertiary/aromatic N) is 1. The van der Waals surface area contributed by atoms with E-state index in [-0.39, 0.29) is 5.78 Å². The van der Waals surface area contributed by atoms with Crippen LogP contribution in [0.2, 0.25) is 0 Å². The van der Waals surface area contributed by atoms with Gasteiger partial charge in [-0.2, -0.15) is 0 Å². The molecule has 0 saturated heterocycles. The van der Waals surface area contributed by atoms with E-state index >= 15 is 0 Å². The number of methoxy groups -OCH3 is 2. The molecule has 0 aliphatic heterocycles. The van der Waals surface area contributed by atoms with E-state index < -0.39 is 0 Å². The number of aromatic amines is 1. The molecule has 0 atom stereocenters. The Bertz CT molecular complexity index is 741. The van der Waals surface area contributed by atoms with E-state index in [2.05, 4.69) is 9.97 Å². The molecule has 2 aromatic heterocycles. The minimum Gasteiger partial charge on any atom is -0.495 e. The van der Waals surface area contributed by atoms with Crippen LogP contribution in [-0.4, -0.2) is 25.0 Å². The number of benzene rings is 1. The van der Waals surface area contributed by atoms with Gasteiger partial charge >= 0.3 is 0 Å². The minimum atomic E-state index is 0.121. The quantitative estimate of drug-likeness (QED) is 0.575. The third-order valence-corrected chi connectivity index (χ3v) is 3.48. The van der Waals surface area contributed by atoms with Crippen molar-refractivity contribution in [1.82, 2.24) is 4.98 Å². The van der Waals surface area contributed by atoms with E-state index in [1.165, 1.54) is 0 Å². The second-order valence-electron chi connectivity index (χ2n) is 5.67. The monoisotopic (exact) mass is 397 g/mol. The Kier molecular flexibility index (Phi) is 14.1. The molecule has 0 spiro atoms. The zero-order valence-corrected chi connectivity index (χ0v) is 18.5. The number of ketones is 1. The van der Waals surface area contributed by atoms with Crippen LogP contribution < -0.4 is 14.5 Å². The van der Waals surface area contributed by atoms with Crippen LogP contribution in [-0.2, 0) is 0 Å². The molecular formula is C24H33N2O3+. The molecule has 0 amide bonds. The largest absolute Gasteiger partial charge is 0.495 e. The Balaban J connectivity index is 0.000000388. The molecule has 5 nitrogen and oxygen atoms in total. The number of carbonyl (C=O) groups is 1. The Morgan fingerprint density at radius 2 is 1.45 bits per heavy atom. The number of rotatable bonds is 3. The summed E-state index contributed by atoms with van der Waals surface area (Å²) in [5.74, 6) is 1.79. The van der Waals surface area contributed by atoms with Crippen molar-refractivity contribution >= 4 is 5.78 Å². The van der Waals surface area contributed by atoms with Crippen molar-refractivity contribution in [3.63, 3.8) is 0 Å². The van der Waals surface area contributed by atoms with E-state index in [0.717, 1.165) is 28.5 Å².